The van der Waals surface area contributed by atoms with Crippen molar-refractivity contribution in [2.75, 3.05) is 6.54 Å². The number of esters is 1. The second-order valence-electron chi connectivity index (χ2n) is 12.0. The number of nitrogens with one attached hydrogen (secondary N) is 1. The van der Waals surface area contributed by atoms with Crippen LogP contribution in [0.2, 0.25) is 5.02 Å². The predicted molar refractivity (Wildman–Crippen MR) is 164 cm³/mol. The summed E-state index contributed by atoms with van der Waals surface area (Å²) in [5.74, 6) is -1.42. The number of aliphatic hydroxyl groups excluding tert-OH is 1. The Bertz CT molecular complexity index is 1450. The Hall–Kier alpha value is -3.20. The summed E-state index contributed by atoms with van der Waals surface area (Å²) in [5, 5.41) is 14.7. The summed E-state index contributed by atoms with van der Waals surface area (Å²) < 4.78 is 5.47. The molecule has 2 N–H and O–H groups in total. The first-order valence-electron chi connectivity index (χ1n) is 14.5. The van der Waals surface area contributed by atoms with Crippen LogP contribution < -0.4 is 5.32 Å². The maximum atomic E-state index is 14.1. The molecule has 4 atom stereocenters. The van der Waals surface area contributed by atoms with Crippen molar-refractivity contribution < 1.29 is 24.2 Å². The van der Waals surface area contributed by atoms with Gasteiger partial charge in [0.2, 0.25) is 5.91 Å². The molecule has 9 heteroatoms. The molecule has 222 valence electrons. The largest absolute Gasteiger partial charge is 0.456 e. The number of hydrogen-bond donors (Lipinski definition) is 2. The Morgan fingerprint density at radius 3 is 2.48 bits per heavy atom. The Morgan fingerprint density at radius 2 is 1.76 bits per heavy atom. The van der Waals surface area contributed by atoms with Crippen molar-refractivity contribution in [3.05, 3.63) is 92.1 Å². The molecule has 1 aromatic heterocycles. The highest BCUT2D eigenvalue weighted by molar-refractivity contribution is 7.13. The van der Waals surface area contributed by atoms with E-state index in [0.29, 0.717) is 46.8 Å². The minimum Gasteiger partial charge on any atom is -0.456 e. The summed E-state index contributed by atoms with van der Waals surface area (Å²) in [6.45, 7) is 5.86. The third-order valence-electron chi connectivity index (χ3n) is 7.85. The number of halogens is 1. The van der Waals surface area contributed by atoms with Crippen LogP contribution in [-0.2, 0) is 16.0 Å². The number of amides is 2. The summed E-state index contributed by atoms with van der Waals surface area (Å²) in [6, 6.07) is 17.2. The zero-order chi connectivity index (χ0) is 30.0. The molecular formula is C33H37ClN2O5S. The lowest BCUT2D eigenvalue weighted by molar-refractivity contribution is -0.125. The second-order valence-corrected chi connectivity index (χ2v) is 13.6. The molecule has 2 heterocycles. The van der Waals surface area contributed by atoms with Gasteiger partial charge in [-0.05, 0) is 81.5 Å². The van der Waals surface area contributed by atoms with Gasteiger partial charge in [-0.2, -0.15) is 0 Å². The summed E-state index contributed by atoms with van der Waals surface area (Å²) in [4.78, 5) is 43.8. The van der Waals surface area contributed by atoms with Gasteiger partial charge in [-0.3, -0.25) is 9.59 Å². The quantitative estimate of drug-likeness (QED) is 0.307. The van der Waals surface area contributed by atoms with Crippen LogP contribution in [0.15, 0.2) is 60.7 Å². The van der Waals surface area contributed by atoms with Crippen LogP contribution in [-0.4, -0.2) is 52.1 Å². The molecule has 1 saturated carbocycles. The maximum Gasteiger partial charge on any atom is 0.348 e. The van der Waals surface area contributed by atoms with Gasteiger partial charge in [0.25, 0.3) is 5.91 Å². The number of benzene rings is 2. The SMILES string of the molecule is CC(C)(C)OC(=O)c1ccc(CCNC(=O)[C@@H]2c3ccccc3C(=O)N([C@H]3CCCC[C@@H]3O)[C@H]2c2ccc(Cl)cc2)s1. The summed E-state index contributed by atoms with van der Waals surface area (Å²) in [6.07, 6.45) is 2.99. The molecule has 5 rings (SSSR count). The lowest BCUT2D eigenvalue weighted by Gasteiger charge is -2.48. The molecule has 1 aliphatic carbocycles. The van der Waals surface area contributed by atoms with Gasteiger partial charge in [-0.15, -0.1) is 11.3 Å². The van der Waals surface area contributed by atoms with Crippen molar-refractivity contribution in [3.63, 3.8) is 0 Å². The van der Waals surface area contributed by atoms with E-state index in [2.05, 4.69) is 5.32 Å². The lowest BCUT2D eigenvalue weighted by atomic mass is 9.76. The second kappa shape index (κ2) is 12.6. The van der Waals surface area contributed by atoms with Crippen molar-refractivity contribution >= 4 is 40.7 Å². The van der Waals surface area contributed by atoms with Crippen molar-refractivity contribution in [2.45, 2.75) is 82.6 Å². The monoisotopic (exact) mass is 608 g/mol. The van der Waals surface area contributed by atoms with E-state index in [0.717, 1.165) is 23.3 Å². The third-order valence-corrected chi connectivity index (χ3v) is 9.23. The summed E-state index contributed by atoms with van der Waals surface area (Å²) in [7, 11) is 0. The van der Waals surface area contributed by atoms with Crippen LogP contribution in [0.4, 0.5) is 0 Å². The number of nitrogens with zero attached hydrogens (tertiary/aromatic N) is 1. The highest BCUT2D eigenvalue weighted by Crippen LogP contribution is 2.46. The fourth-order valence-electron chi connectivity index (χ4n) is 6.00. The standard InChI is InChI=1S/C33H37ClN2O5S/c1-33(2,3)41-32(40)27-17-16-22(42-27)18-19-35-30(38)28-23-8-4-5-9-24(23)31(39)36(25-10-6-7-11-26(25)37)29(28)20-12-14-21(34)15-13-20/h4-5,8-9,12-17,25-26,28-29,37H,6-7,10-11,18-19H2,1-3H3,(H,35,38)/t25-,26-,28+,29-/m0/s1. The number of rotatable bonds is 7. The molecule has 0 spiro atoms. The van der Waals surface area contributed by atoms with E-state index >= 15 is 0 Å². The molecular weight excluding hydrogens is 572 g/mol. The first kappa shape index (κ1) is 30.3. The Kier molecular flexibility index (Phi) is 9.06. The fraction of sp³-hybridized carbons (Fsp3) is 0.424. The van der Waals surface area contributed by atoms with Crippen LogP contribution in [0.5, 0.6) is 0 Å². The number of hydrogen-bond acceptors (Lipinski definition) is 6. The molecule has 42 heavy (non-hydrogen) atoms. The smallest absolute Gasteiger partial charge is 0.348 e. The van der Waals surface area contributed by atoms with Crippen LogP contribution >= 0.6 is 22.9 Å². The molecule has 2 amide bonds. The fourth-order valence-corrected chi connectivity index (χ4v) is 7.01. The first-order valence-corrected chi connectivity index (χ1v) is 15.7. The van der Waals surface area contributed by atoms with E-state index in [-0.39, 0.29) is 17.8 Å². The van der Waals surface area contributed by atoms with Gasteiger partial charge in [0, 0.05) is 22.0 Å². The first-order chi connectivity index (χ1) is 20.0. The minimum atomic E-state index is -0.685. The van der Waals surface area contributed by atoms with Gasteiger partial charge in [0.15, 0.2) is 0 Å². The number of carbonyl (C=O) groups is 3. The predicted octanol–water partition coefficient (Wildman–Crippen LogP) is 6.30. The van der Waals surface area contributed by atoms with E-state index in [1.54, 1.807) is 29.2 Å². The van der Waals surface area contributed by atoms with Crippen LogP contribution in [0.1, 0.15) is 94.4 Å². The number of thiophene rings is 1. The molecule has 0 unspecified atom stereocenters. The van der Waals surface area contributed by atoms with Gasteiger partial charge in [-0.1, -0.05) is 54.8 Å². The minimum absolute atomic E-state index is 0.172. The van der Waals surface area contributed by atoms with E-state index in [4.69, 9.17) is 16.3 Å². The molecule has 1 aliphatic heterocycles. The van der Waals surface area contributed by atoms with Crippen molar-refractivity contribution in [1.82, 2.24) is 10.2 Å². The number of fused-ring (bicyclic) bond motifs is 1. The zero-order valence-electron chi connectivity index (χ0n) is 24.1. The molecule has 2 aromatic carbocycles. The molecule has 1 fully saturated rings. The van der Waals surface area contributed by atoms with Crippen molar-refractivity contribution in [3.8, 4) is 0 Å². The molecule has 3 aromatic rings. The van der Waals surface area contributed by atoms with Gasteiger partial charge < -0.3 is 20.1 Å². The average Bonchev–Trinajstić information content (AvgIpc) is 3.42. The summed E-state index contributed by atoms with van der Waals surface area (Å²) in [5.41, 5.74) is 1.38. The Balaban J connectivity index is 1.42. The zero-order valence-corrected chi connectivity index (χ0v) is 25.7. The van der Waals surface area contributed by atoms with E-state index in [1.807, 2.05) is 57.2 Å². The number of ether oxygens (including phenoxy) is 1. The van der Waals surface area contributed by atoms with Crippen molar-refractivity contribution in [1.29, 1.82) is 0 Å². The normalized spacial score (nSPS) is 22.4. The van der Waals surface area contributed by atoms with E-state index < -0.39 is 29.7 Å². The van der Waals surface area contributed by atoms with Crippen LogP contribution in [0.3, 0.4) is 0 Å². The molecule has 2 aliphatic rings. The van der Waals surface area contributed by atoms with E-state index in [9.17, 15) is 19.5 Å². The summed E-state index contributed by atoms with van der Waals surface area (Å²) >= 11 is 7.58. The van der Waals surface area contributed by atoms with Crippen LogP contribution in [0, 0.1) is 0 Å². The molecule has 7 nitrogen and oxygen atoms in total. The third kappa shape index (κ3) is 6.56. The molecule has 0 saturated heterocycles. The average molecular weight is 609 g/mol. The number of carbonyl (C=O) groups excluding carboxylic acids is 3. The highest BCUT2D eigenvalue weighted by Gasteiger charge is 2.48. The van der Waals surface area contributed by atoms with Crippen LogP contribution in [0.25, 0.3) is 0 Å². The lowest BCUT2D eigenvalue weighted by Crippen LogP contribution is -2.55. The maximum absolute atomic E-state index is 14.1. The highest BCUT2D eigenvalue weighted by atomic mass is 35.5. The van der Waals surface area contributed by atoms with Gasteiger partial charge >= 0.3 is 5.97 Å². The van der Waals surface area contributed by atoms with Gasteiger partial charge in [0.1, 0.15) is 10.5 Å². The topological polar surface area (TPSA) is 95.9 Å². The van der Waals surface area contributed by atoms with E-state index in [1.165, 1.54) is 11.3 Å². The van der Waals surface area contributed by atoms with Gasteiger partial charge in [-0.25, -0.2) is 4.79 Å². The Labute approximate surface area is 255 Å². The van der Waals surface area contributed by atoms with Crippen molar-refractivity contribution in [2.24, 2.45) is 0 Å². The molecule has 0 radical (unpaired) electrons. The number of aliphatic hydroxyl groups is 1. The molecule has 0 bridgehead atoms. The van der Waals surface area contributed by atoms with Gasteiger partial charge in [0.05, 0.1) is 24.1 Å². The Morgan fingerprint density at radius 1 is 1.05 bits per heavy atom.